The Bertz CT molecular complexity index is 437. The molecule has 0 aliphatic carbocycles. The van der Waals surface area contributed by atoms with Gasteiger partial charge in [0, 0.05) is 9.85 Å². The van der Waals surface area contributed by atoms with Crippen LogP contribution in [-0.4, -0.2) is 20.7 Å². The van der Waals surface area contributed by atoms with Gasteiger partial charge in [0.05, 0.1) is 5.75 Å². The van der Waals surface area contributed by atoms with Crippen molar-refractivity contribution in [3.63, 3.8) is 0 Å². The van der Waals surface area contributed by atoms with Crippen LogP contribution in [0.4, 0.5) is 0 Å². The van der Waals surface area contributed by atoms with Gasteiger partial charge < -0.3 is 5.73 Å². The summed E-state index contributed by atoms with van der Waals surface area (Å²) < 4.78 is 25.1. The van der Waals surface area contributed by atoms with E-state index in [1.165, 1.54) is 11.3 Å². The quantitative estimate of drug-likeness (QED) is 0.928. The highest BCUT2D eigenvalue weighted by atomic mass is 79.9. The molecule has 0 aliphatic heterocycles. The van der Waals surface area contributed by atoms with Gasteiger partial charge in [-0.05, 0) is 34.0 Å². The molecule has 0 unspecified atom stereocenters. The van der Waals surface area contributed by atoms with Crippen LogP contribution in [0.5, 0.6) is 0 Å². The minimum atomic E-state index is -3.20. The fourth-order valence-electron chi connectivity index (χ4n) is 1.10. The molecule has 0 saturated carbocycles. The van der Waals surface area contributed by atoms with E-state index in [9.17, 15) is 8.42 Å². The molecule has 0 bridgehead atoms. The third kappa shape index (κ3) is 3.55. The Balaban J connectivity index is 2.95. The van der Waals surface area contributed by atoms with Crippen LogP contribution in [0, 0.1) is 5.41 Å². The Kier molecular flexibility index (Phi) is 3.97. The largest absolute Gasteiger partial charge is 0.330 e. The average molecular weight is 312 g/mol. The van der Waals surface area contributed by atoms with Crippen LogP contribution < -0.4 is 5.73 Å². The molecule has 1 rings (SSSR count). The summed E-state index contributed by atoms with van der Waals surface area (Å²) in [6, 6.07) is 1.63. The van der Waals surface area contributed by atoms with Crippen molar-refractivity contribution in [3.8, 4) is 0 Å². The molecule has 2 N–H and O–H groups in total. The van der Waals surface area contributed by atoms with Gasteiger partial charge in [-0.15, -0.1) is 11.3 Å². The lowest BCUT2D eigenvalue weighted by atomic mass is 9.97. The molecule has 0 amide bonds. The van der Waals surface area contributed by atoms with Gasteiger partial charge in [0.25, 0.3) is 0 Å². The second-order valence-corrected chi connectivity index (χ2v) is 8.25. The van der Waals surface area contributed by atoms with Crippen LogP contribution in [0.1, 0.15) is 13.8 Å². The predicted molar refractivity (Wildman–Crippen MR) is 66.9 cm³/mol. The molecule has 1 aromatic rings. The molecule has 1 heterocycles. The average Bonchev–Trinajstić information content (AvgIpc) is 2.51. The summed E-state index contributed by atoms with van der Waals surface area (Å²) in [5.74, 6) is 0.0868. The van der Waals surface area contributed by atoms with Crippen molar-refractivity contribution in [1.82, 2.24) is 0 Å². The van der Waals surface area contributed by atoms with E-state index >= 15 is 0 Å². The van der Waals surface area contributed by atoms with Crippen LogP contribution in [0.2, 0.25) is 0 Å². The van der Waals surface area contributed by atoms with Crippen molar-refractivity contribution in [2.45, 2.75) is 18.1 Å². The van der Waals surface area contributed by atoms with Crippen molar-refractivity contribution < 1.29 is 8.42 Å². The van der Waals surface area contributed by atoms with Crippen molar-refractivity contribution in [2.75, 3.05) is 12.3 Å². The molecule has 0 aliphatic rings. The number of nitrogens with two attached hydrogens (primary N) is 1. The van der Waals surface area contributed by atoms with Crippen molar-refractivity contribution >= 4 is 37.1 Å². The van der Waals surface area contributed by atoms with E-state index in [-0.39, 0.29) is 11.2 Å². The number of rotatable bonds is 4. The van der Waals surface area contributed by atoms with E-state index in [2.05, 4.69) is 15.9 Å². The Morgan fingerprint density at radius 2 is 2.13 bits per heavy atom. The van der Waals surface area contributed by atoms with Gasteiger partial charge in [-0.3, -0.25) is 0 Å². The molecule has 3 nitrogen and oxygen atoms in total. The van der Waals surface area contributed by atoms with E-state index < -0.39 is 9.84 Å². The first kappa shape index (κ1) is 13.2. The Morgan fingerprint density at radius 3 is 2.53 bits per heavy atom. The summed E-state index contributed by atoms with van der Waals surface area (Å²) in [4.78, 5) is 0. The fraction of sp³-hybridized carbons (Fsp3) is 0.556. The Labute approximate surface area is 103 Å². The minimum absolute atomic E-state index is 0.0868. The van der Waals surface area contributed by atoms with Crippen LogP contribution in [0.15, 0.2) is 20.1 Å². The summed E-state index contributed by atoms with van der Waals surface area (Å²) in [6.45, 7) is 4.07. The van der Waals surface area contributed by atoms with E-state index in [0.717, 1.165) is 4.47 Å². The molecule has 0 aromatic carbocycles. The zero-order chi connectivity index (χ0) is 11.7. The standard InChI is InChI=1S/C9H14BrNO2S2/c1-9(2,5-11)6-15(12,13)8-3-7(10)4-14-8/h3-4H,5-6,11H2,1-2H3. The van der Waals surface area contributed by atoms with Gasteiger partial charge >= 0.3 is 0 Å². The van der Waals surface area contributed by atoms with E-state index in [0.29, 0.717) is 10.8 Å². The zero-order valence-electron chi connectivity index (χ0n) is 8.66. The summed E-state index contributed by atoms with van der Waals surface area (Å²) >= 11 is 4.47. The summed E-state index contributed by atoms with van der Waals surface area (Å²) in [7, 11) is -3.20. The number of hydrogen-bond acceptors (Lipinski definition) is 4. The molecule has 1 aromatic heterocycles. The fourth-order valence-corrected chi connectivity index (χ4v) is 4.91. The van der Waals surface area contributed by atoms with Gasteiger partial charge in [0.2, 0.25) is 0 Å². The van der Waals surface area contributed by atoms with Gasteiger partial charge in [-0.25, -0.2) is 8.42 Å². The highest BCUT2D eigenvalue weighted by Gasteiger charge is 2.27. The first-order valence-electron chi connectivity index (χ1n) is 4.44. The summed E-state index contributed by atoms with van der Waals surface area (Å²) in [5.41, 5.74) is 5.15. The van der Waals surface area contributed by atoms with Crippen molar-refractivity contribution in [3.05, 3.63) is 15.9 Å². The molecule has 0 radical (unpaired) electrons. The van der Waals surface area contributed by atoms with Crippen LogP contribution in [0.3, 0.4) is 0 Å². The smallest absolute Gasteiger partial charge is 0.188 e. The highest BCUT2D eigenvalue weighted by molar-refractivity contribution is 9.10. The number of halogens is 1. The van der Waals surface area contributed by atoms with E-state index in [1.807, 2.05) is 13.8 Å². The molecule has 6 heteroatoms. The molecule has 15 heavy (non-hydrogen) atoms. The molecule has 0 fully saturated rings. The third-order valence-corrected chi connectivity index (χ3v) is 6.41. The lowest BCUT2D eigenvalue weighted by molar-refractivity contribution is 0.425. The topological polar surface area (TPSA) is 60.2 Å². The van der Waals surface area contributed by atoms with Gasteiger partial charge in [-0.1, -0.05) is 13.8 Å². The second-order valence-electron chi connectivity index (χ2n) is 4.21. The summed E-state index contributed by atoms with van der Waals surface area (Å²) in [6.07, 6.45) is 0. The lowest BCUT2D eigenvalue weighted by Crippen LogP contribution is -2.31. The van der Waals surface area contributed by atoms with Crippen molar-refractivity contribution in [1.29, 1.82) is 0 Å². The maximum atomic E-state index is 12.0. The normalized spacial score (nSPS) is 13.1. The Morgan fingerprint density at radius 1 is 1.53 bits per heavy atom. The SMILES string of the molecule is CC(C)(CN)CS(=O)(=O)c1cc(Br)cs1. The first-order chi connectivity index (χ1) is 6.77. The Hall–Kier alpha value is 0.0900. The molecule has 86 valence electrons. The van der Waals surface area contributed by atoms with Gasteiger partial charge in [0.15, 0.2) is 9.84 Å². The molecule has 0 spiro atoms. The first-order valence-corrected chi connectivity index (χ1v) is 7.76. The van der Waals surface area contributed by atoms with Gasteiger partial charge in [-0.2, -0.15) is 0 Å². The monoisotopic (exact) mass is 311 g/mol. The zero-order valence-corrected chi connectivity index (χ0v) is 11.9. The molecule has 0 atom stereocenters. The van der Waals surface area contributed by atoms with Gasteiger partial charge in [0.1, 0.15) is 4.21 Å². The van der Waals surface area contributed by atoms with Crippen LogP contribution in [-0.2, 0) is 9.84 Å². The highest BCUT2D eigenvalue weighted by Crippen LogP contribution is 2.28. The van der Waals surface area contributed by atoms with E-state index in [4.69, 9.17) is 5.73 Å². The maximum absolute atomic E-state index is 12.0. The molecular formula is C9H14BrNO2S2. The summed E-state index contributed by atoms with van der Waals surface area (Å²) in [5, 5.41) is 1.77. The van der Waals surface area contributed by atoms with Crippen LogP contribution in [0.25, 0.3) is 0 Å². The predicted octanol–water partition coefficient (Wildman–Crippen LogP) is 2.27. The van der Waals surface area contributed by atoms with Crippen LogP contribution >= 0.6 is 27.3 Å². The number of sulfone groups is 1. The van der Waals surface area contributed by atoms with Crippen molar-refractivity contribution in [2.24, 2.45) is 11.1 Å². The maximum Gasteiger partial charge on any atom is 0.188 e. The molecular weight excluding hydrogens is 298 g/mol. The molecule has 0 saturated heterocycles. The van der Waals surface area contributed by atoms with E-state index in [1.54, 1.807) is 11.4 Å². The minimum Gasteiger partial charge on any atom is -0.330 e. The lowest BCUT2D eigenvalue weighted by Gasteiger charge is -2.21. The third-order valence-electron chi connectivity index (χ3n) is 1.98. The number of hydrogen-bond donors (Lipinski definition) is 1. The second kappa shape index (κ2) is 4.53. The number of thiophene rings is 1.